The molecule has 0 aliphatic carbocycles. The minimum absolute atomic E-state index is 0.0752. The van der Waals surface area contributed by atoms with Crippen molar-refractivity contribution in [3.05, 3.63) is 65.0 Å². The van der Waals surface area contributed by atoms with Crippen LogP contribution in [0.2, 0.25) is 0 Å². The highest BCUT2D eigenvalue weighted by Gasteiger charge is 2.19. The summed E-state index contributed by atoms with van der Waals surface area (Å²) in [5.41, 5.74) is 1.74. The first-order valence-electron chi connectivity index (χ1n) is 6.55. The third-order valence-electron chi connectivity index (χ3n) is 2.98. The van der Waals surface area contributed by atoms with Crippen molar-refractivity contribution in [2.45, 2.75) is 0 Å². The smallest absolute Gasteiger partial charge is 0.340 e. The van der Waals surface area contributed by atoms with Crippen molar-refractivity contribution < 1.29 is 19.1 Å². The van der Waals surface area contributed by atoms with Gasteiger partial charge in [-0.3, -0.25) is 4.98 Å². The Hall–Kier alpha value is -2.95. The van der Waals surface area contributed by atoms with Gasteiger partial charge in [0.1, 0.15) is 0 Å². The summed E-state index contributed by atoms with van der Waals surface area (Å²) in [6.07, 6.45) is 4.92. The van der Waals surface area contributed by atoms with E-state index in [-0.39, 0.29) is 11.1 Å². The number of aromatic nitrogens is 1. The number of rotatable bonds is 4. The van der Waals surface area contributed by atoms with E-state index < -0.39 is 11.9 Å². The molecule has 112 valence electrons. The van der Waals surface area contributed by atoms with Crippen molar-refractivity contribution in [2.24, 2.45) is 0 Å². The van der Waals surface area contributed by atoms with Crippen molar-refractivity contribution in [3.8, 4) is 0 Å². The van der Waals surface area contributed by atoms with Crippen LogP contribution >= 0.6 is 0 Å². The summed E-state index contributed by atoms with van der Waals surface area (Å²) in [4.78, 5) is 27.6. The SMILES string of the molecule is COC(=O)c1cnc(/C=C/c2ccccc2)cc1C(=O)OC. The van der Waals surface area contributed by atoms with Crippen molar-refractivity contribution in [1.82, 2.24) is 4.98 Å². The molecule has 0 atom stereocenters. The molecule has 0 saturated heterocycles. The first-order valence-corrected chi connectivity index (χ1v) is 6.55. The molecule has 0 unspecified atom stereocenters. The second-order valence-electron chi connectivity index (χ2n) is 4.38. The minimum Gasteiger partial charge on any atom is -0.465 e. The predicted molar refractivity (Wildman–Crippen MR) is 82.3 cm³/mol. The molecule has 1 heterocycles. The lowest BCUT2D eigenvalue weighted by atomic mass is 10.1. The van der Waals surface area contributed by atoms with Gasteiger partial charge in [0, 0.05) is 6.20 Å². The highest BCUT2D eigenvalue weighted by Crippen LogP contribution is 2.14. The van der Waals surface area contributed by atoms with Gasteiger partial charge in [0.05, 0.1) is 31.0 Å². The Kier molecular flexibility index (Phi) is 5.03. The second kappa shape index (κ2) is 7.17. The van der Waals surface area contributed by atoms with Crippen molar-refractivity contribution >= 4 is 24.1 Å². The summed E-state index contributed by atoms with van der Waals surface area (Å²) in [7, 11) is 2.50. The van der Waals surface area contributed by atoms with Gasteiger partial charge in [0.15, 0.2) is 0 Å². The molecule has 2 aromatic rings. The van der Waals surface area contributed by atoms with Crippen LogP contribution in [0.1, 0.15) is 32.0 Å². The average Bonchev–Trinajstić information content (AvgIpc) is 2.59. The Balaban J connectivity index is 2.36. The fraction of sp³-hybridized carbons (Fsp3) is 0.118. The number of ether oxygens (including phenoxy) is 2. The third-order valence-corrected chi connectivity index (χ3v) is 2.98. The molecule has 1 aromatic heterocycles. The molecular formula is C17H15NO4. The van der Waals surface area contributed by atoms with E-state index in [1.807, 2.05) is 36.4 Å². The molecule has 5 nitrogen and oxygen atoms in total. The summed E-state index contributed by atoms with van der Waals surface area (Å²) in [5.74, 6) is -1.25. The Morgan fingerprint density at radius 2 is 1.59 bits per heavy atom. The van der Waals surface area contributed by atoms with E-state index in [1.165, 1.54) is 26.5 Å². The van der Waals surface area contributed by atoms with Crippen LogP contribution in [-0.4, -0.2) is 31.1 Å². The van der Waals surface area contributed by atoms with Gasteiger partial charge in [-0.05, 0) is 17.7 Å². The van der Waals surface area contributed by atoms with Gasteiger partial charge in [-0.2, -0.15) is 0 Å². The van der Waals surface area contributed by atoms with E-state index in [2.05, 4.69) is 9.72 Å². The number of carbonyl (C=O) groups excluding carboxylic acids is 2. The lowest BCUT2D eigenvalue weighted by Crippen LogP contribution is -2.12. The summed E-state index contributed by atoms with van der Waals surface area (Å²) >= 11 is 0. The van der Waals surface area contributed by atoms with Crippen LogP contribution in [0.3, 0.4) is 0 Å². The minimum atomic E-state index is -0.633. The van der Waals surface area contributed by atoms with Gasteiger partial charge in [0.2, 0.25) is 0 Å². The summed E-state index contributed by atoms with van der Waals surface area (Å²) in [6, 6.07) is 11.2. The number of carbonyl (C=O) groups is 2. The summed E-state index contributed by atoms with van der Waals surface area (Å²) in [6.45, 7) is 0. The number of benzene rings is 1. The van der Waals surface area contributed by atoms with Crippen LogP contribution in [0.15, 0.2) is 42.6 Å². The third kappa shape index (κ3) is 3.58. The molecular weight excluding hydrogens is 282 g/mol. The first kappa shape index (κ1) is 15.4. The Morgan fingerprint density at radius 3 is 2.23 bits per heavy atom. The van der Waals surface area contributed by atoms with E-state index >= 15 is 0 Å². The normalized spacial score (nSPS) is 10.5. The molecule has 0 aliphatic heterocycles. The molecule has 5 heteroatoms. The fourth-order valence-electron chi connectivity index (χ4n) is 1.86. The molecule has 0 amide bonds. The molecule has 0 N–H and O–H groups in total. The van der Waals surface area contributed by atoms with E-state index in [0.717, 1.165) is 5.56 Å². The van der Waals surface area contributed by atoms with Gasteiger partial charge in [0.25, 0.3) is 0 Å². The number of hydrogen-bond acceptors (Lipinski definition) is 5. The maximum absolute atomic E-state index is 11.8. The highest BCUT2D eigenvalue weighted by atomic mass is 16.5. The lowest BCUT2D eigenvalue weighted by molar-refractivity contribution is 0.0554. The molecule has 0 aliphatic rings. The van der Waals surface area contributed by atoms with E-state index in [4.69, 9.17) is 4.74 Å². The quantitative estimate of drug-likeness (QED) is 0.812. The maximum Gasteiger partial charge on any atom is 0.340 e. The highest BCUT2D eigenvalue weighted by molar-refractivity contribution is 6.03. The molecule has 0 saturated carbocycles. The molecule has 0 fully saturated rings. The van der Waals surface area contributed by atoms with E-state index in [9.17, 15) is 9.59 Å². The summed E-state index contributed by atoms with van der Waals surface area (Å²) in [5, 5.41) is 0. The van der Waals surface area contributed by atoms with Gasteiger partial charge in [-0.25, -0.2) is 9.59 Å². The molecule has 22 heavy (non-hydrogen) atoms. The number of esters is 2. The summed E-state index contributed by atoms with van der Waals surface area (Å²) < 4.78 is 9.33. The van der Waals surface area contributed by atoms with Crippen LogP contribution in [0, 0.1) is 0 Å². The Morgan fingerprint density at radius 1 is 0.955 bits per heavy atom. The number of methoxy groups -OCH3 is 2. The van der Waals surface area contributed by atoms with Crippen LogP contribution in [0.4, 0.5) is 0 Å². The standard InChI is InChI=1S/C17H15NO4/c1-21-16(19)14-10-13(18-11-15(14)17(20)22-2)9-8-12-6-4-3-5-7-12/h3-11H,1-2H3/b9-8+. The van der Waals surface area contributed by atoms with Gasteiger partial charge in [-0.15, -0.1) is 0 Å². The zero-order valence-electron chi connectivity index (χ0n) is 12.3. The number of hydrogen-bond donors (Lipinski definition) is 0. The Labute approximate surface area is 128 Å². The molecule has 0 radical (unpaired) electrons. The predicted octanol–water partition coefficient (Wildman–Crippen LogP) is 2.83. The molecule has 2 rings (SSSR count). The maximum atomic E-state index is 11.8. The van der Waals surface area contributed by atoms with Crippen LogP contribution in [0.25, 0.3) is 12.2 Å². The first-order chi connectivity index (χ1) is 10.7. The van der Waals surface area contributed by atoms with E-state index in [0.29, 0.717) is 5.69 Å². The van der Waals surface area contributed by atoms with Crippen molar-refractivity contribution in [1.29, 1.82) is 0 Å². The zero-order valence-corrected chi connectivity index (χ0v) is 12.3. The monoisotopic (exact) mass is 297 g/mol. The topological polar surface area (TPSA) is 65.5 Å². The second-order valence-corrected chi connectivity index (χ2v) is 4.38. The zero-order chi connectivity index (χ0) is 15.9. The largest absolute Gasteiger partial charge is 0.465 e. The van der Waals surface area contributed by atoms with Gasteiger partial charge >= 0.3 is 11.9 Å². The lowest BCUT2D eigenvalue weighted by Gasteiger charge is -2.06. The van der Waals surface area contributed by atoms with Crippen molar-refractivity contribution in [3.63, 3.8) is 0 Å². The number of nitrogens with zero attached hydrogens (tertiary/aromatic N) is 1. The molecule has 0 spiro atoms. The van der Waals surface area contributed by atoms with Crippen LogP contribution < -0.4 is 0 Å². The Bertz CT molecular complexity index is 708. The van der Waals surface area contributed by atoms with Crippen molar-refractivity contribution in [2.75, 3.05) is 14.2 Å². The van der Waals surface area contributed by atoms with Gasteiger partial charge < -0.3 is 9.47 Å². The average molecular weight is 297 g/mol. The molecule has 1 aromatic carbocycles. The van der Waals surface area contributed by atoms with Crippen LogP contribution in [-0.2, 0) is 9.47 Å². The molecule has 0 bridgehead atoms. The van der Waals surface area contributed by atoms with E-state index in [1.54, 1.807) is 6.08 Å². The van der Waals surface area contributed by atoms with Crippen LogP contribution in [0.5, 0.6) is 0 Å². The fourth-order valence-corrected chi connectivity index (χ4v) is 1.86. The van der Waals surface area contributed by atoms with Gasteiger partial charge in [-0.1, -0.05) is 36.4 Å². The number of pyridine rings is 1.